The summed E-state index contributed by atoms with van der Waals surface area (Å²) in [5.74, 6) is 0. The number of sulfonamides is 1. The van der Waals surface area contributed by atoms with Crippen molar-refractivity contribution in [2.45, 2.75) is 29.8 Å². The number of fused-ring (bicyclic) bond motifs is 5. The summed E-state index contributed by atoms with van der Waals surface area (Å²) >= 11 is 0. The topological polar surface area (TPSA) is 101 Å². The van der Waals surface area contributed by atoms with Crippen molar-refractivity contribution >= 4 is 21.4 Å². The molecule has 2 unspecified atom stereocenters. The molecule has 0 amide bonds. The zero-order valence-corrected chi connectivity index (χ0v) is 13.4. The Morgan fingerprint density at radius 2 is 1.79 bits per heavy atom. The number of anilines is 1. The lowest BCUT2D eigenvalue weighted by Gasteiger charge is -2.15. The maximum atomic E-state index is 12.6. The van der Waals surface area contributed by atoms with Crippen molar-refractivity contribution < 1.29 is 13.3 Å². The van der Waals surface area contributed by atoms with Crippen molar-refractivity contribution in [1.82, 2.24) is 5.32 Å². The van der Waals surface area contributed by atoms with E-state index < -0.39 is 20.6 Å². The molecule has 2 aliphatic rings. The molecule has 0 aromatic heterocycles. The number of hydrogen-bond acceptors (Lipinski definition) is 5. The van der Waals surface area contributed by atoms with Crippen molar-refractivity contribution in [2.24, 2.45) is 0 Å². The third-order valence-electron chi connectivity index (χ3n) is 4.59. The highest BCUT2D eigenvalue weighted by Gasteiger charge is 2.36. The van der Waals surface area contributed by atoms with Crippen LogP contribution in [0.15, 0.2) is 47.4 Å². The van der Waals surface area contributed by atoms with Crippen LogP contribution in [0.1, 0.15) is 36.1 Å². The van der Waals surface area contributed by atoms with Gasteiger partial charge < -0.3 is 5.32 Å². The van der Waals surface area contributed by atoms with Gasteiger partial charge in [0.1, 0.15) is 0 Å². The van der Waals surface area contributed by atoms with Crippen LogP contribution in [-0.4, -0.2) is 13.3 Å². The van der Waals surface area contributed by atoms with Gasteiger partial charge in [0, 0.05) is 23.8 Å². The van der Waals surface area contributed by atoms with E-state index in [0.29, 0.717) is 11.7 Å². The van der Waals surface area contributed by atoms with Gasteiger partial charge in [-0.1, -0.05) is 18.2 Å². The summed E-state index contributed by atoms with van der Waals surface area (Å²) in [6.07, 6.45) is 2.14. The average molecular weight is 345 g/mol. The third-order valence-corrected chi connectivity index (χ3v) is 6.02. The van der Waals surface area contributed by atoms with Crippen molar-refractivity contribution in [3.05, 3.63) is 63.7 Å². The first kappa shape index (κ1) is 15.1. The fraction of sp³-hybridized carbons (Fsp3) is 0.250. The quantitative estimate of drug-likeness (QED) is 0.655. The Morgan fingerprint density at radius 1 is 1.08 bits per heavy atom. The zero-order chi connectivity index (χ0) is 16.9. The summed E-state index contributed by atoms with van der Waals surface area (Å²) in [7, 11) is -4.03. The van der Waals surface area contributed by atoms with Gasteiger partial charge in [-0.2, -0.15) is 0 Å². The highest BCUT2D eigenvalue weighted by atomic mass is 32.2. The SMILES string of the molecule is O=[N+]([O-])c1ccccc1S(=O)(=O)Nc1ccc2c(c1)C1CCC2N1. The number of benzene rings is 2. The van der Waals surface area contributed by atoms with Gasteiger partial charge in [0.2, 0.25) is 0 Å². The molecule has 0 radical (unpaired) electrons. The maximum Gasteiger partial charge on any atom is 0.289 e. The highest BCUT2D eigenvalue weighted by Crippen LogP contribution is 2.45. The van der Waals surface area contributed by atoms with Crippen molar-refractivity contribution in [3.63, 3.8) is 0 Å². The van der Waals surface area contributed by atoms with Gasteiger partial charge in [-0.15, -0.1) is 0 Å². The van der Waals surface area contributed by atoms with Crippen LogP contribution in [-0.2, 0) is 10.0 Å². The van der Waals surface area contributed by atoms with E-state index in [1.165, 1.54) is 29.8 Å². The summed E-state index contributed by atoms with van der Waals surface area (Å²) in [4.78, 5) is 10.0. The normalized spacial score (nSPS) is 21.5. The van der Waals surface area contributed by atoms with Gasteiger partial charge in [-0.3, -0.25) is 14.8 Å². The molecule has 2 heterocycles. The summed E-state index contributed by atoms with van der Waals surface area (Å²) in [6, 6.07) is 11.4. The molecule has 4 rings (SSSR count). The number of nitrogens with one attached hydrogen (secondary N) is 2. The molecular formula is C16H15N3O4S. The molecular weight excluding hydrogens is 330 g/mol. The van der Waals surface area contributed by atoms with E-state index in [2.05, 4.69) is 10.0 Å². The Bertz CT molecular complexity index is 942. The Kier molecular flexibility index (Phi) is 3.33. The van der Waals surface area contributed by atoms with E-state index in [1.807, 2.05) is 12.1 Å². The maximum absolute atomic E-state index is 12.6. The van der Waals surface area contributed by atoms with Gasteiger partial charge in [0.15, 0.2) is 4.90 Å². The van der Waals surface area contributed by atoms with E-state index in [1.54, 1.807) is 6.07 Å². The van der Waals surface area contributed by atoms with Crippen LogP contribution in [0.2, 0.25) is 0 Å². The number of para-hydroxylation sites is 1. The lowest BCUT2D eigenvalue weighted by Crippen LogP contribution is -2.15. The molecule has 0 saturated carbocycles. The number of nitro groups is 1. The Labute approximate surface area is 138 Å². The largest absolute Gasteiger partial charge is 0.303 e. The van der Waals surface area contributed by atoms with Gasteiger partial charge in [0.05, 0.1) is 4.92 Å². The fourth-order valence-corrected chi connectivity index (χ4v) is 4.76. The lowest BCUT2D eigenvalue weighted by atomic mass is 9.91. The van der Waals surface area contributed by atoms with Crippen LogP contribution in [0, 0.1) is 10.1 Å². The second kappa shape index (κ2) is 5.29. The summed E-state index contributed by atoms with van der Waals surface area (Å²) in [6.45, 7) is 0. The van der Waals surface area contributed by atoms with Crippen LogP contribution in [0.25, 0.3) is 0 Å². The molecule has 0 spiro atoms. The minimum absolute atomic E-state index is 0.264. The standard InChI is InChI=1S/C16H15N3O4S/c20-19(21)15-3-1-2-4-16(15)24(22,23)18-10-5-6-11-12(9-10)14-8-7-13(11)17-14/h1-6,9,13-14,17-18H,7-8H2. The molecule has 2 aliphatic heterocycles. The highest BCUT2D eigenvalue weighted by molar-refractivity contribution is 7.92. The summed E-state index contributed by atoms with van der Waals surface area (Å²) in [5.41, 5.74) is 2.29. The number of nitro benzene ring substituents is 1. The smallest absolute Gasteiger partial charge is 0.289 e. The monoisotopic (exact) mass is 345 g/mol. The molecule has 24 heavy (non-hydrogen) atoms. The van der Waals surface area contributed by atoms with Crippen LogP contribution in [0.4, 0.5) is 11.4 Å². The van der Waals surface area contributed by atoms with Crippen LogP contribution in [0.3, 0.4) is 0 Å². The first-order chi connectivity index (χ1) is 11.5. The van der Waals surface area contributed by atoms with Gasteiger partial charge in [-0.25, -0.2) is 8.42 Å². The number of nitrogens with zero attached hydrogens (tertiary/aromatic N) is 1. The second-order valence-corrected chi connectivity index (χ2v) is 7.67. The Morgan fingerprint density at radius 3 is 2.54 bits per heavy atom. The molecule has 2 N–H and O–H groups in total. The molecule has 2 aromatic carbocycles. The van der Waals surface area contributed by atoms with E-state index in [9.17, 15) is 18.5 Å². The minimum Gasteiger partial charge on any atom is -0.303 e. The number of rotatable bonds is 4. The van der Waals surface area contributed by atoms with Gasteiger partial charge in [0.25, 0.3) is 15.7 Å². The molecule has 2 atom stereocenters. The van der Waals surface area contributed by atoms with Gasteiger partial charge in [-0.05, 0) is 42.2 Å². The molecule has 2 aromatic rings. The summed E-state index contributed by atoms with van der Waals surface area (Å²) < 4.78 is 27.6. The molecule has 8 heteroatoms. The molecule has 0 aliphatic carbocycles. The van der Waals surface area contributed by atoms with Crippen molar-refractivity contribution in [2.75, 3.05) is 4.72 Å². The molecule has 2 bridgehead atoms. The zero-order valence-electron chi connectivity index (χ0n) is 12.6. The number of hydrogen-bond donors (Lipinski definition) is 2. The van der Waals surface area contributed by atoms with Crippen LogP contribution in [0.5, 0.6) is 0 Å². The average Bonchev–Trinajstić information content (AvgIpc) is 3.16. The van der Waals surface area contributed by atoms with Crippen molar-refractivity contribution in [3.8, 4) is 0 Å². The van der Waals surface area contributed by atoms with E-state index in [-0.39, 0.29) is 10.9 Å². The van der Waals surface area contributed by atoms with E-state index >= 15 is 0 Å². The minimum atomic E-state index is -4.03. The van der Waals surface area contributed by atoms with E-state index in [4.69, 9.17) is 0 Å². The molecule has 124 valence electrons. The van der Waals surface area contributed by atoms with E-state index in [0.717, 1.165) is 18.4 Å². The summed E-state index contributed by atoms with van der Waals surface area (Å²) in [5, 5.41) is 14.5. The Balaban J connectivity index is 1.69. The first-order valence-electron chi connectivity index (χ1n) is 7.62. The molecule has 1 fully saturated rings. The lowest BCUT2D eigenvalue weighted by molar-refractivity contribution is -0.387. The Hall–Kier alpha value is -2.45. The van der Waals surface area contributed by atoms with Gasteiger partial charge >= 0.3 is 0 Å². The van der Waals surface area contributed by atoms with Crippen LogP contribution >= 0.6 is 0 Å². The third kappa shape index (κ3) is 2.35. The van der Waals surface area contributed by atoms with Crippen molar-refractivity contribution in [1.29, 1.82) is 0 Å². The molecule has 7 nitrogen and oxygen atoms in total. The fourth-order valence-electron chi connectivity index (χ4n) is 3.54. The second-order valence-electron chi connectivity index (χ2n) is 6.02. The predicted molar refractivity (Wildman–Crippen MR) is 88.2 cm³/mol. The molecule has 1 saturated heterocycles. The first-order valence-corrected chi connectivity index (χ1v) is 9.10. The van der Waals surface area contributed by atoms with Crippen LogP contribution < -0.4 is 10.0 Å². The predicted octanol–water partition coefficient (Wildman–Crippen LogP) is 2.87.